The van der Waals surface area contributed by atoms with Crippen LogP contribution in [0.1, 0.15) is 43.2 Å². The lowest BCUT2D eigenvalue weighted by atomic mass is 9.71. The summed E-state index contributed by atoms with van der Waals surface area (Å²) in [5.41, 5.74) is 3.36. The number of aromatic hydroxyl groups is 1. The van der Waals surface area contributed by atoms with E-state index in [0.29, 0.717) is 39.9 Å². The van der Waals surface area contributed by atoms with Crippen molar-refractivity contribution < 1.29 is 28.9 Å². The predicted molar refractivity (Wildman–Crippen MR) is 130 cm³/mol. The van der Waals surface area contributed by atoms with E-state index in [-0.39, 0.29) is 23.9 Å². The Morgan fingerprint density at radius 2 is 1.88 bits per heavy atom. The number of phenolic OH excluding ortho intramolecular Hbond substituents is 1. The number of allylic oxidation sites excluding steroid dienone is 2. The molecule has 1 aliphatic heterocycles. The second kappa shape index (κ2) is 10.0. The maximum absolute atomic E-state index is 13.4. The number of methoxy groups -OCH3 is 2. The second-order valence-electron chi connectivity index (χ2n) is 8.36. The zero-order chi connectivity index (χ0) is 24.4. The summed E-state index contributed by atoms with van der Waals surface area (Å²) < 4.78 is 16.6. The predicted octanol–water partition coefficient (Wildman–Crippen LogP) is 5.10. The van der Waals surface area contributed by atoms with Gasteiger partial charge in [-0.05, 0) is 71.1 Å². The third-order valence-electron chi connectivity index (χ3n) is 6.26. The van der Waals surface area contributed by atoms with E-state index in [1.807, 2.05) is 12.1 Å². The summed E-state index contributed by atoms with van der Waals surface area (Å²) in [4.78, 5) is 31.1. The number of aliphatic imine (C=N–C) groups is 1. The summed E-state index contributed by atoms with van der Waals surface area (Å²) in [6.45, 7) is 1.88. The zero-order valence-electron chi connectivity index (χ0n) is 19.3. The van der Waals surface area contributed by atoms with Crippen LogP contribution in [0.5, 0.6) is 17.2 Å². The van der Waals surface area contributed by atoms with Gasteiger partial charge in [0.1, 0.15) is 18.3 Å². The molecular weight excluding hydrogens is 502 g/mol. The number of ketones is 1. The van der Waals surface area contributed by atoms with Crippen LogP contribution in [0.2, 0.25) is 0 Å². The largest absolute Gasteiger partial charge is 0.503 e. The fraction of sp³-hybridized carbons (Fsp3) is 0.346. The summed E-state index contributed by atoms with van der Waals surface area (Å²) in [7, 11) is 3.04. The van der Waals surface area contributed by atoms with Crippen LogP contribution < -0.4 is 9.47 Å². The quantitative estimate of drug-likeness (QED) is 0.525. The smallest absolute Gasteiger partial charge is 0.315 e. The lowest BCUT2D eigenvalue weighted by Crippen LogP contribution is -2.37. The van der Waals surface area contributed by atoms with Crippen LogP contribution in [0.3, 0.4) is 0 Å². The van der Waals surface area contributed by atoms with Crippen LogP contribution in [0.15, 0.2) is 57.1 Å². The molecule has 2 aromatic rings. The van der Waals surface area contributed by atoms with Crippen LogP contribution in [0.25, 0.3) is 0 Å². The maximum atomic E-state index is 13.4. The molecule has 1 aliphatic carbocycles. The lowest BCUT2D eigenvalue weighted by Gasteiger charge is -2.34. The van der Waals surface area contributed by atoms with Gasteiger partial charge in [-0.1, -0.05) is 12.1 Å². The topological polar surface area (TPSA) is 94.4 Å². The third-order valence-corrected chi connectivity index (χ3v) is 6.86. The summed E-state index contributed by atoms with van der Waals surface area (Å²) in [5, 5.41) is 10.3. The van der Waals surface area contributed by atoms with Gasteiger partial charge in [-0.3, -0.25) is 14.6 Å². The molecule has 2 aromatic carbocycles. The number of Topliss-reactive ketones (excluding diaryl/α,β-unsaturated/α-hetero) is 1. The van der Waals surface area contributed by atoms with E-state index in [0.717, 1.165) is 17.7 Å². The summed E-state index contributed by atoms with van der Waals surface area (Å²) in [5.74, 6) is -0.925. The highest BCUT2D eigenvalue weighted by Gasteiger charge is 2.43. The Morgan fingerprint density at radius 3 is 2.56 bits per heavy atom. The number of ether oxygens (including phenoxy) is 3. The number of nitrogens with zero attached hydrogens (tertiary/aromatic N) is 1. The van der Waals surface area contributed by atoms with Crippen molar-refractivity contribution in [1.29, 1.82) is 0 Å². The van der Waals surface area contributed by atoms with Crippen LogP contribution in [0, 0.1) is 5.92 Å². The summed E-state index contributed by atoms with van der Waals surface area (Å²) in [6, 6.07) is 10.7. The highest BCUT2D eigenvalue weighted by Crippen LogP contribution is 2.47. The van der Waals surface area contributed by atoms with Gasteiger partial charge >= 0.3 is 5.97 Å². The molecule has 2 atom stereocenters. The van der Waals surface area contributed by atoms with Crippen molar-refractivity contribution in [3.8, 4) is 17.2 Å². The van der Waals surface area contributed by atoms with Gasteiger partial charge in [0, 0.05) is 29.3 Å². The number of benzene rings is 2. The van der Waals surface area contributed by atoms with Gasteiger partial charge in [0.15, 0.2) is 17.3 Å². The lowest BCUT2D eigenvalue weighted by molar-refractivity contribution is -0.148. The molecule has 8 heteroatoms. The Labute approximate surface area is 206 Å². The van der Waals surface area contributed by atoms with Gasteiger partial charge in [0.2, 0.25) is 0 Å². The number of esters is 1. The van der Waals surface area contributed by atoms with E-state index >= 15 is 0 Å². The van der Waals surface area contributed by atoms with Crippen molar-refractivity contribution in [2.75, 3.05) is 14.2 Å². The molecule has 178 valence electrons. The molecule has 1 unspecified atom stereocenters. The Kier molecular flexibility index (Phi) is 7.07. The number of rotatable bonds is 6. The van der Waals surface area contributed by atoms with E-state index < -0.39 is 17.8 Å². The van der Waals surface area contributed by atoms with Crippen LogP contribution >= 0.6 is 15.9 Å². The van der Waals surface area contributed by atoms with E-state index in [1.165, 1.54) is 7.11 Å². The van der Waals surface area contributed by atoms with Crippen LogP contribution in [-0.4, -0.2) is 36.8 Å². The van der Waals surface area contributed by atoms with Gasteiger partial charge in [-0.25, -0.2) is 0 Å². The summed E-state index contributed by atoms with van der Waals surface area (Å²) >= 11 is 3.36. The molecule has 0 fully saturated rings. The Morgan fingerprint density at radius 1 is 1.15 bits per heavy atom. The number of phenols is 1. The number of hydrogen-bond donors (Lipinski definition) is 1. The average molecular weight is 528 g/mol. The fourth-order valence-electron chi connectivity index (χ4n) is 4.57. The third kappa shape index (κ3) is 4.59. The van der Waals surface area contributed by atoms with Gasteiger partial charge in [0.05, 0.1) is 18.7 Å². The standard InChI is InChI=1S/C26H26BrNO6/c1-14-22(26(31)34-13-15-7-9-17(32-2)10-8-15)23(24-19(28-14)5-4-6-20(24)29)16-11-18(27)25(30)21(12-16)33-3/h7-12,22-23,30H,4-6,13H2,1-3H3/t22?,23-/m0/s1. The van der Waals surface area contributed by atoms with E-state index in [9.17, 15) is 14.7 Å². The van der Waals surface area contributed by atoms with Gasteiger partial charge in [0.25, 0.3) is 0 Å². The van der Waals surface area contributed by atoms with Gasteiger partial charge < -0.3 is 19.3 Å². The normalized spacial score (nSPS) is 19.9. The molecule has 0 bridgehead atoms. The highest BCUT2D eigenvalue weighted by molar-refractivity contribution is 9.10. The SMILES string of the molecule is COc1ccc(COC(=O)C2C(C)=NC3=C(C(=O)CCC3)[C@H]2c2cc(Br)c(O)c(OC)c2)cc1. The molecule has 4 rings (SSSR count). The highest BCUT2D eigenvalue weighted by atomic mass is 79.9. The monoisotopic (exact) mass is 527 g/mol. The van der Waals surface area contributed by atoms with E-state index in [2.05, 4.69) is 20.9 Å². The zero-order valence-corrected chi connectivity index (χ0v) is 20.8. The molecule has 0 saturated heterocycles. The Hall–Kier alpha value is -3.13. The van der Waals surface area contributed by atoms with Crippen molar-refractivity contribution in [1.82, 2.24) is 0 Å². The molecule has 1 N–H and O–H groups in total. The van der Waals surface area contributed by atoms with Crippen LogP contribution in [0.4, 0.5) is 0 Å². The van der Waals surface area contributed by atoms with Crippen molar-refractivity contribution in [2.24, 2.45) is 10.9 Å². The number of carbonyl (C=O) groups is 2. The Balaban J connectivity index is 1.71. The molecule has 0 spiro atoms. The van der Waals surface area contributed by atoms with Crippen LogP contribution in [-0.2, 0) is 20.9 Å². The number of carbonyl (C=O) groups excluding carboxylic acids is 2. The van der Waals surface area contributed by atoms with Crippen molar-refractivity contribution >= 4 is 33.4 Å². The van der Waals surface area contributed by atoms with E-state index in [4.69, 9.17) is 14.2 Å². The number of hydrogen-bond acceptors (Lipinski definition) is 7. The first-order valence-corrected chi connectivity index (χ1v) is 11.8. The molecular formula is C26H26BrNO6. The first-order valence-electron chi connectivity index (χ1n) is 11.0. The minimum Gasteiger partial charge on any atom is -0.503 e. The molecule has 0 amide bonds. The van der Waals surface area contributed by atoms with Crippen molar-refractivity contribution in [3.63, 3.8) is 0 Å². The molecule has 2 aliphatic rings. The molecule has 0 saturated carbocycles. The molecule has 7 nitrogen and oxygen atoms in total. The van der Waals surface area contributed by atoms with Crippen molar-refractivity contribution in [3.05, 3.63) is 63.3 Å². The first-order chi connectivity index (χ1) is 16.3. The average Bonchev–Trinajstić information content (AvgIpc) is 2.83. The minimum absolute atomic E-state index is 0.0152. The van der Waals surface area contributed by atoms with Crippen molar-refractivity contribution in [2.45, 2.75) is 38.7 Å². The molecule has 0 aromatic heterocycles. The summed E-state index contributed by atoms with van der Waals surface area (Å²) in [6.07, 6.45) is 1.82. The number of halogens is 1. The second-order valence-corrected chi connectivity index (χ2v) is 9.21. The fourth-order valence-corrected chi connectivity index (χ4v) is 5.03. The maximum Gasteiger partial charge on any atom is 0.315 e. The molecule has 0 radical (unpaired) electrons. The molecule has 34 heavy (non-hydrogen) atoms. The Bertz CT molecular complexity index is 1180. The van der Waals surface area contributed by atoms with E-state index in [1.54, 1.807) is 38.3 Å². The first kappa shape index (κ1) is 24.0. The van der Waals surface area contributed by atoms with Gasteiger partial charge in [-0.2, -0.15) is 0 Å². The molecule has 1 heterocycles. The van der Waals surface area contributed by atoms with Gasteiger partial charge in [-0.15, -0.1) is 0 Å². The minimum atomic E-state index is -0.778.